The number of carbonyl (C=O) groups is 1. The van der Waals surface area contributed by atoms with Gasteiger partial charge in [0.05, 0.1) is 17.2 Å². The summed E-state index contributed by atoms with van der Waals surface area (Å²) in [5.41, 5.74) is 1.56. The van der Waals surface area contributed by atoms with Crippen molar-refractivity contribution in [2.45, 2.75) is 44.7 Å². The van der Waals surface area contributed by atoms with E-state index in [1.807, 2.05) is 0 Å². The van der Waals surface area contributed by atoms with Gasteiger partial charge in [-0.1, -0.05) is 0 Å². The van der Waals surface area contributed by atoms with Gasteiger partial charge in [-0.25, -0.2) is 13.1 Å². The van der Waals surface area contributed by atoms with Gasteiger partial charge in [-0.2, -0.15) is 5.10 Å². The monoisotopic (exact) mass is 325 g/mol. The van der Waals surface area contributed by atoms with Crippen molar-refractivity contribution in [3.8, 4) is 0 Å². The zero-order valence-electron chi connectivity index (χ0n) is 12.4. The second-order valence-electron chi connectivity index (χ2n) is 6.04. The molecule has 1 aromatic rings. The Kier molecular flexibility index (Phi) is 3.80. The van der Waals surface area contributed by atoms with E-state index >= 15 is 0 Å². The lowest BCUT2D eigenvalue weighted by molar-refractivity contribution is -0.124. The molecule has 1 aromatic heterocycles. The maximum absolute atomic E-state index is 12.3. The van der Waals surface area contributed by atoms with Crippen LogP contribution in [0, 0.1) is 0 Å². The number of nitrogens with one attached hydrogen (secondary N) is 1. The predicted octanol–water partition coefficient (Wildman–Crippen LogP) is -0.404. The van der Waals surface area contributed by atoms with E-state index in [2.05, 4.69) is 10.4 Å². The maximum atomic E-state index is 12.3. The minimum Gasteiger partial charge on any atom is -0.350 e. The summed E-state index contributed by atoms with van der Waals surface area (Å²) in [6, 6.07) is 0.436. The van der Waals surface area contributed by atoms with Gasteiger partial charge in [0, 0.05) is 12.1 Å². The van der Waals surface area contributed by atoms with E-state index in [0.717, 1.165) is 30.5 Å². The van der Waals surface area contributed by atoms with Gasteiger partial charge in [-0.15, -0.1) is 0 Å². The highest BCUT2D eigenvalue weighted by atomic mass is 32.2. The van der Waals surface area contributed by atoms with Crippen LogP contribution in [-0.4, -0.2) is 41.7 Å². The van der Waals surface area contributed by atoms with Gasteiger partial charge < -0.3 is 5.32 Å². The maximum Gasteiger partial charge on any atom is 0.267 e. The van der Waals surface area contributed by atoms with E-state index in [-0.39, 0.29) is 29.0 Å². The molecule has 2 unspecified atom stereocenters. The molecule has 8 heteroatoms. The van der Waals surface area contributed by atoms with Crippen LogP contribution < -0.4 is 10.9 Å². The minimum absolute atomic E-state index is 0.0298. The second-order valence-corrected chi connectivity index (χ2v) is 8.27. The minimum atomic E-state index is -3.05. The first-order valence-corrected chi connectivity index (χ1v) is 9.30. The molecule has 0 spiro atoms. The van der Waals surface area contributed by atoms with Gasteiger partial charge in [0.25, 0.3) is 5.56 Å². The highest BCUT2D eigenvalue weighted by Crippen LogP contribution is 2.18. The second kappa shape index (κ2) is 5.49. The van der Waals surface area contributed by atoms with E-state index in [0.29, 0.717) is 6.42 Å². The van der Waals surface area contributed by atoms with Gasteiger partial charge in [0.15, 0.2) is 9.84 Å². The number of aromatic nitrogens is 2. The van der Waals surface area contributed by atoms with Crippen molar-refractivity contribution in [1.29, 1.82) is 0 Å². The Balaban J connectivity index is 1.75. The van der Waals surface area contributed by atoms with Crippen molar-refractivity contribution in [3.05, 3.63) is 27.7 Å². The van der Waals surface area contributed by atoms with Crippen LogP contribution in [0.5, 0.6) is 0 Å². The molecule has 0 aromatic carbocycles. The van der Waals surface area contributed by atoms with Crippen LogP contribution >= 0.6 is 0 Å². The molecule has 0 bridgehead atoms. The lowest BCUT2D eigenvalue weighted by Gasteiger charge is -2.17. The fourth-order valence-electron chi connectivity index (χ4n) is 3.03. The lowest BCUT2D eigenvalue weighted by atomic mass is 10.2. The van der Waals surface area contributed by atoms with Crippen LogP contribution in [0.1, 0.15) is 37.1 Å². The SMILES string of the molecule is CC(C(=O)NC1CCS(=O)(=O)C1)n1nc2c(cc1=O)CCC2. The van der Waals surface area contributed by atoms with Crippen LogP contribution in [0.15, 0.2) is 10.9 Å². The molecule has 2 heterocycles. The highest BCUT2D eigenvalue weighted by Gasteiger charge is 2.31. The van der Waals surface area contributed by atoms with Crippen molar-refractivity contribution in [3.63, 3.8) is 0 Å². The predicted molar refractivity (Wildman–Crippen MR) is 80.4 cm³/mol. The molecule has 1 amide bonds. The molecular formula is C14H19N3O4S. The molecule has 2 atom stereocenters. The van der Waals surface area contributed by atoms with Crippen LogP contribution in [-0.2, 0) is 27.5 Å². The molecule has 1 saturated heterocycles. The third kappa shape index (κ3) is 2.92. The standard InChI is InChI=1S/C14H19N3O4S/c1-9(14(19)15-11-5-6-22(20,21)8-11)17-13(18)7-10-3-2-4-12(10)16-17/h7,9,11H,2-6,8H2,1H3,(H,15,19). The molecule has 3 rings (SSSR count). The Morgan fingerprint density at radius 3 is 2.91 bits per heavy atom. The fraction of sp³-hybridized carbons (Fsp3) is 0.643. The summed E-state index contributed by atoms with van der Waals surface area (Å²) in [6.07, 6.45) is 3.09. The lowest BCUT2D eigenvalue weighted by Crippen LogP contribution is -2.42. The first kappa shape index (κ1) is 15.2. The summed E-state index contributed by atoms with van der Waals surface area (Å²) in [5.74, 6) is -0.295. The molecule has 120 valence electrons. The number of amides is 1. The Morgan fingerprint density at radius 2 is 2.23 bits per heavy atom. The number of hydrogen-bond acceptors (Lipinski definition) is 5. The summed E-state index contributed by atoms with van der Waals surface area (Å²) >= 11 is 0. The first-order chi connectivity index (χ1) is 10.4. The summed E-state index contributed by atoms with van der Waals surface area (Å²) < 4.78 is 24.0. The van der Waals surface area contributed by atoms with E-state index in [4.69, 9.17) is 0 Å². The van der Waals surface area contributed by atoms with Crippen molar-refractivity contribution in [2.24, 2.45) is 0 Å². The molecule has 22 heavy (non-hydrogen) atoms. The molecule has 1 N–H and O–H groups in total. The average Bonchev–Trinajstić information content (AvgIpc) is 3.02. The molecule has 1 aliphatic heterocycles. The number of hydrogen-bond donors (Lipinski definition) is 1. The largest absolute Gasteiger partial charge is 0.350 e. The smallest absolute Gasteiger partial charge is 0.267 e. The molecule has 7 nitrogen and oxygen atoms in total. The zero-order chi connectivity index (χ0) is 15.9. The topological polar surface area (TPSA) is 98.1 Å². The Morgan fingerprint density at radius 1 is 1.45 bits per heavy atom. The Hall–Kier alpha value is -1.70. The van der Waals surface area contributed by atoms with E-state index < -0.39 is 15.9 Å². The van der Waals surface area contributed by atoms with E-state index in [1.165, 1.54) is 4.68 Å². The van der Waals surface area contributed by atoms with Gasteiger partial charge in [-0.05, 0) is 38.2 Å². The summed E-state index contributed by atoms with van der Waals surface area (Å²) in [4.78, 5) is 24.3. The average molecular weight is 325 g/mol. The number of nitrogens with zero attached hydrogens (tertiary/aromatic N) is 2. The summed E-state index contributed by atoms with van der Waals surface area (Å²) in [5, 5.41) is 7.01. The zero-order valence-corrected chi connectivity index (χ0v) is 13.2. The van der Waals surface area contributed by atoms with Gasteiger partial charge >= 0.3 is 0 Å². The van der Waals surface area contributed by atoms with Gasteiger partial charge in [0.1, 0.15) is 6.04 Å². The van der Waals surface area contributed by atoms with Gasteiger partial charge in [-0.3, -0.25) is 9.59 Å². The summed E-state index contributed by atoms with van der Waals surface area (Å²) in [6.45, 7) is 1.61. The number of rotatable bonds is 3. The molecular weight excluding hydrogens is 306 g/mol. The summed E-state index contributed by atoms with van der Waals surface area (Å²) in [7, 11) is -3.05. The molecule has 1 fully saturated rings. The number of carbonyl (C=O) groups excluding carboxylic acids is 1. The van der Waals surface area contributed by atoms with E-state index in [9.17, 15) is 18.0 Å². The van der Waals surface area contributed by atoms with Gasteiger partial charge in [0.2, 0.25) is 5.91 Å². The number of fused-ring (bicyclic) bond motifs is 1. The number of sulfone groups is 1. The molecule has 0 saturated carbocycles. The van der Waals surface area contributed by atoms with Crippen molar-refractivity contribution in [2.75, 3.05) is 11.5 Å². The molecule has 0 radical (unpaired) electrons. The van der Waals surface area contributed by atoms with Crippen LogP contribution in [0.4, 0.5) is 0 Å². The van der Waals surface area contributed by atoms with Crippen molar-refractivity contribution >= 4 is 15.7 Å². The third-order valence-corrected chi connectivity index (χ3v) is 6.08. The van der Waals surface area contributed by atoms with Crippen LogP contribution in [0.25, 0.3) is 0 Å². The Labute approximate surface area is 128 Å². The van der Waals surface area contributed by atoms with Crippen LogP contribution in [0.2, 0.25) is 0 Å². The van der Waals surface area contributed by atoms with Crippen LogP contribution in [0.3, 0.4) is 0 Å². The van der Waals surface area contributed by atoms with Crippen molar-refractivity contribution < 1.29 is 13.2 Å². The first-order valence-electron chi connectivity index (χ1n) is 7.48. The quantitative estimate of drug-likeness (QED) is 0.815. The fourth-order valence-corrected chi connectivity index (χ4v) is 4.71. The highest BCUT2D eigenvalue weighted by molar-refractivity contribution is 7.91. The Bertz CT molecular complexity index is 769. The van der Waals surface area contributed by atoms with Crippen molar-refractivity contribution in [1.82, 2.24) is 15.1 Å². The van der Waals surface area contributed by atoms with E-state index in [1.54, 1.807) is 13.0 Å². The molecule has 2 aliphatic rings. The number of aryl methyl sites for hydroxylation is 2. The molecule has 1 aliphatic carbocycles. The normalized spacial score (nSPS) is 24.0. The third-order valence-electron chi connectivity index (χ3n) is 4.31.